The standard InChI is InChI=1S/C25H41N3O6/c1-15(2)5-10-19-24(3,34-19)22-21(31-4)18(11-12-25(22)14-32-25)33-23(30)28-17-8-6-16(7-9-17)27-20(29)13-26/h5,16-19,21-22H,6-14,26H2,1-4H3,(H,27,29)(H,28,30)/t16?,17?,18?,19?,21?,22?,24-,25?/m1/s1. The number of methoxy groups -OCH3 is 1. The number of ether oxygens (including phenoxy) is 4. The molecule has 9 heteroatoms. The molecule has 2 aliphatic carbocycles. The number of rotatable bonds is 8. The number of nitrogens with one attached hydrogen (secondary N) is 2. The first kappa shape index (κ1) is 25.4. The number of nitrogens with two attached hydrogens (primary N) is 1. The fraction of sp³-hybridized carbons (Fsp3) is 0.840. The summed E-state index contributed by atoms with van der Waals surface area (Å²) < 4.78 is 24.1. The third-order valence-electron chi connectivity index (χ3n) is 8.10. The minimum Gasteiger partial charge on any atom is -0.443 e. The number of allylic oxidation sites excluding steroid dienone is 1. The lowest BCUT2D eigenvalue weighted by atomic mass is 9.68. The van der Waals surface area contributed by atoms with Crippen molar-refractivity contribution in [2.75, 3.05) is 20.3 Å². The number of carbonyl (C=O) groups is 2. The molecule has 4 rings (SSSR count). The Morgan fingerprint density at radius 2 is 1.76 bits per heavy atom. The second kappa shape index (κ2) is 10.1. The van der Waals surface area contributed by atoms with E-state index in [-0.39, 0.29) is 60.0 Å². The van der Waals surface area contributed by atoms with Crippen LogP contribution in [0.2, 0.25) is 0 Å². The average molecular weight is 480 g/mol. The van der Waals surface area contributed by atoms with Crippen LogP contribution >= 0.6 is 0 Å². The summed E-state index contributed by atoms with van der Waals surface area (Å²) in [5.74, 6) is -0.129. The molecule has 1 spiro atoms. The smallest absolute Gasteiger partial charge is 0.407 e. The summed E-state index contributed by atoms with van der Waals surface area (Å²) in [5.41, 5.74) is 6.06. The lowest BCUT2D eigenvalue weighted by Crippen LogP contribution is -2.56. The van der Waals surface area contributed by atoms with Crippen LogP contribution in [0.15, 0.2) is 11.6 Å². The summed E-state index contributed by atoms with van der Waals surface area (Å²) in [4.78, 5) is 24.3. The Morgan fingerprint density at radius 1 is 1.12 bits per heavy atom. The Hall–Kier alpha value is -1.68. The van der Waals surface area contributed by atoms with Gasteiger partial charge in [0.2, 0.25) is 5.91 Å². The van der Waals surface area contributed by atoms with Crippen LogP contribution in [0.4, 0.5) is 4.79 Å². The molecule has 9 nitrogen and oxygen atoms in total. The highest BCUT2D eigenvalue weighted by Gasteiger charge is 2.72. The van der Waals surface area contributed by atoms with Crippen molar-refractivity contribution >= 4 is 12.0 Å². The quantitative estimate of drug-likeness (QED) is 0.360. The van der Waals surface area contributed by atoms with Gasteiger partial charge >= 0.3 is 6.09 Å². The van der Waals surface area contributed by atoms with E-state index in [1.807, 2.05) is 0 Å². The molecule has 4 N–H and O–H groups in total. The molecule has 4 fully saturated rings. The summed E-state index contributed by atoms with van der Waals surface area (Å²) in [5, 5.41) is 5.95. The molecule has 192 valence electrons. The van der Waals surface area contributed by atoms with Crippen LogP contribution in [0.5, 0.6) is 0 Å². The largest absolute Gasteiger partial charge is 0.443 e. The van der Waals surface area contributed by atoms with Gasteiger partial charge in [0.05, 0.1) is 25.2 Å². The Kier molecular flexibility index (Phi) is 7.57. The lowest BCUT2D eigenvalue weighted by molar-refractivity contribution is -0.120. The molecule has 2 aliphatic heterocycles. The van der Waals surface area contributed by atoms with E-state index >= 15 is 0 Å². The molecule has 0 radical (unpaired) electrons. The van der Waals surface area contributed by atoms with E-state index in [1.54, 1.807) is 7.11 Å². The molecule has 0 aromatic heterocycles. The number of carbonyl (C=O) groups excluding carboxylic acids is 2. The molecule has 5 unspecified atom stereocenters. The van der Waals surface area contributed by atoms with Crippen molar-refractivity contribution in [1.82, 2.24) is 10.6 Å². The van der Waals surface area contributed by atoms with Crippen LogP contribution in [0.1, 0.15) is 65.7 Å². The second-order valence-electron chi connectivity index (χ2n) is 10.8. The van der Waals surface area contributed by atoms with E-state index in [0.717, 1.165) is 38.5 Å². The van der Waals surface area contributed by atoms with Gasteiger partial charge in [0.1, 0.15) is 23.4 Å². The molecule has 0 aromatic carbocycles. The Bertz CT molecular complexity index is 788. The van der Waals surface area contributed by atoms with Gasteiger partial charge in [-0.3, -0.25) is 4.79 Å². The van der Waals surface area contributed by atoms with Crippen LogP contribution in [0.25, 0.3) is 0 Å². The summed E-state index contributed by atoms with van der Waals surface area (Å²) in [6.45, 7) is 7.03. The van der Waals surface area contributed by atoms with Gasteiger partial charge in [-0.2, -0.15) is 0 Å². The lowest BCUT2D eigenvalue weighted by Gasteiger charge is -2.42. The molecule has 2 amide bonds. The van der Waals surface area contributed by atoms with Gasteiger partial charge in [0, 0.05) is 19.2 Å². The van der Waals surface area contributed by atoms with Crippen molar-refractivity contribution in [2.24, 2.45) is 11.7 Å². The Labute approximate surface area is 202 Å². The zero-order valence-corrected chi connectivity index (χ0v) is 20.9. The molecule has 34 heavy (non-hydrogen) atoms. The Balaban J connectivity index is 1.32. The van der Waals surface area contributed by atoms with E-state index in [1.165, 1.54) is 5.57 Å². The normalized spacial score (nSPS) is 40.9. The number of alkyl carbamates (subject to hydrolysis) is 1. The zero-order valence-electron chi connectivity index (χ0n) is 20.9. The summed E-state index contributed by atoms with van der Waals surface area (Å²) >= 11 is 0. The van der Waals surface area contributed by atoms with E-state index in [4.69, 9.17) is 24.7 Å². The topological polar surface area (TPSA) is 128 Å². The maximum Gasteiger partial charge on any atom is 0.407 e. The van der Waals surface area contributed by atoms with Gasteiger partial charge in [-0.25, -0.2) is 4.79 Å². The number of epoxide rings is 2. The van der Waals surface area contributed by atoms with Crippen LogP contribution in [-0.2, 0) is 23.7 Å². The Morgan fingerprint density at radius 3 is 2.32 bits per heavy atom. The third kappa shape index (κ3) is 5.42. The predicted molar refractivity (Wildman–Crippen MR) is 126 cm³/mol. The van der Waals surface area contributed by atoms with Crippen LogP contribution in [0.3, 0.4) is 0 Å². The van der Waals surface area contributed by atoms with Gasteiger partial charge in [0.15, 0.2) is 0 Å². The number of hydrogen-bond acceptors (Lipinski definition) is 7. The van der Waals surface area contributed by atoms with E-state index in [0.29, 0.717) is 13.0 Å². The second-order valence-corrected chi connectivity index (χ2v) is 10.8. The monoisotopic (exact) mass is 479 g/mol. The highest BCUT2D eigenvalue weighted by atomic mass is 16.6. The summed E-state index contributed by atoms with van der Waals surface area (Å²) in [6.07, 6.45) is 6.88. The molecule has 2 saturated heterocycles. The van der Waals surface area contributed by atoms with Gasteiger partial charge in [-0.05, 0) is 65.7 Å². The van der Waals surface area contributed by atoms with Crippen molar-refractivity contribution < 1.29 is 28.5 Å². The first-order valence-electron chi connectivity index (χ1n) is 12.7. The zero-order chi connectivity index (χ0) is 24.5. The van der Waals surface area contributed by atoms with E-state index in [9.17, 15) is 9.59 Å². The van der Waals surface area contributed by atoms with Crippen molar-refractivity contribution in [3.63, 3.8) is 0 Å². The molecular weight excluding hydrogens is 438 g/mol. The molecule has 4 aliphatic rings. The van der Waals surface area contributed by atoms with Gasteiger partial charge in [-0.15, -0.1) is 0 Å². The van der Waals surface area contributed by atoms with E-state index in [2.05, 4.69) is 37.5 Å². The first-order chi connectivity index (χ1) is 16.2. The SMILES string of the molecule is COC1C(OC(=O)NC2CCC(NC(=O)CN)CC2)CCC2(CO2)C1[C@]1(C)OC1CC=C(C)C. The molecule has 0 bridgehead atoms. The van der Waals surface area contributed by atoms with Crippen LogP contribution < -0.4 is 16.4 Å². The van der Waals surface area contributed by atoms with Crippen molar-refractivity contribution in [3.8, 4) is 0 Å². The highest BCUT2D eigenvalue weighted by Crippen LogP contribution is 2.59. The molecule has 0 aromatic rings. The first-order valence-corrected chi connectivity index (χ1v) is 12.7. The minimum atomic E-state index is -0.407. The van der Waals surface area contributed by atoms with Crippen molar-refractivity contribution in [3.05, 3.63) is 11.6 Å². The fourth-order valence-corrected chi connectivity index (χ4v) is 6.08. The molecular formula is C25H41N3O6. The van der Waals surface area contributed by atoms with Crippen molar-refractivity contribution in [2.45, 2.75) is 107 Å². The predicted octanol–water partition coefficient (Wildman–Crippen LogP) is 2.18. The maximum atomic E-state index is 12.8. The van der Waals surface area contributed by atoms with Crippen molar-refractivity contribution in [1.29, 1.82) is 0 Å². The van der Waals surface area contributed by atoms with Crippen LogP contribution in [-0.4, -0.2) is 73.9 Å². The third-order valence-corrected chi connectivity index (χ3v) is 8.10. The average Bonchev–Trinajstić information content (AvgIpc) is 3.72. The molecule has 2 saturated carbocycles. The van der Waals surface area contributed by atoms with Gasteiger partial charge in [0.25, 0.3) is 0 Å². The minimum absolute atomic E-state index is 0.000341. The van der Waals surface area contributed by atoms with Crippen LogP contribution in [0, 0.1) is 5.92 Å². The van der Waals surface area contributed by atoms with E-state index < -0.39 is 6.09 Å². The van der Waals surface area contributed by atoms with Gasteiger partial charge in [-0.1, -0.05) is 11.6 Å². The fourth-order valence-electron chi connectivity index (χ4n) is 6.08. The van der Waals surface area contributed by atoms with Gasteiger partial charge < -0.3 is 35.3 Å². The number of amides is 2. The number of hydrogen-bond donors (Lipinski definition) is 3. The summed E-state index contributed by atoms with van der Waals surface area (Å²) in [7, 11) is 1.68. The highest BCUT2D eigenvalue weighted by molar-refractivity contribution is 5.78. The molecule has 6 atom stereocenters. The molecule has 2 heterocycles. The summed E-state index contributed by atoms with van der Waals surface area (Å²) in [6, 6.07) is 0.158. The maximum absolute atomic E-state index is 12.8.